The third-order valence-corrected chi connectivity index (χ3v) is 7.69. The van der Waals surface area contributed by atoms with Crippen molar-refractivity contribution in [1.29, 1.82) is 0 Å². The molecule has 0 heterocycles. The molecule has 0 fully saturated rings. The molecule has 2 unspecified atom stereocenters. The van der Waals surface area contributed by atoms with Gasteiger partial charge in [0.1, 0.15) is 9.90 Å². The Bertz CT molecular complexity index is 241. The summed E-state index contributed by atoms with van der Waals surface area (Å²) in [4.78, 5) is 1.21. The maximum Gasteiger partial charge on any atom is 0.143 e. The van der Waals surface area contributed by atoms with Gasteiger partial charge in [0.2, 0.25) is 0 Å². The fourth-order valence-electron chi connectivity index (χ4n) is 2.46. The van der Waals surface area contributed by atoms with Gasteiger partial charge in [0.05, 0.1) is 42.3 Å². The van der Waals surface area contributed by atoms with Gasteiger partial charge >= 0.3 is 0 Å². The van der Waals surface area contributed by atoms with E-state index in [1.165, 1.54) is 64.2 Å². The first-order valence-electron chi connectivity index (χ1n) is 8.95. The van der Waals surface area contributed by atoms with Gasteiger partial charge in [-0.05, 0) is 44.7 Å². The van der Waals surface area contributed by atoms with E-state index < -0.39 is 0 Å². The van der Waals surface area contributed by atoms with Crippen molar-refractivity contribution in [2.45, 2.75) is 74.1 Å². The van der Waals surface area contributed by atoms with E-state index in [1.807, 2.05) is 0 Å². The van der Waals surface area contributed by atoms with E-state index >= 15 is 0 Å². The lowest BCUT2D eigenvalue weighted by Gasteiger charge is -2.30. The molecule has 0 N–H and O–H groups in total. The molecular formula is C18H40Br2N2+2. The van der Waals surface area contributed by atoms with Crippen molar-refractivity contribution in [1.82, 2.24) is 0 Å². The molecule has 0 rings (SSSR count). The number of nitrogens with zero attached hydrogens (tertiary/aromatic N) is 2. The Morgan fingerprint density at radius 2 is 0.727 bits per heavy atom. The third-order valence-electron chi connectivity index (χ3n) is 4.32. The standard InChI is InChI=1S/C18H40Br2N2/c1-21(2,3)17(19)15-13-11-9-7-8-10-12-14-16-18(20)22(4,5)6/h17-18H,7-16H2,1-6H3/q+2. The molecule has 0 saturated heterocycles. The molecule has 2 atom stereocenters. The Hall–Kier alpha value is 0.880. The van der Waals surface area contributed by atoms with Gasteiger partial charge in [-0.25, -0.2) is 0 Å². The smallest absolute Gasteiger partial charge is 0.143 e. The molecule has 0 aliphatic rings. The quantitative estimate of drug-likeness (QED) is 0.147. The van der Waals surface area contributed by atoms with Crippen molar-refractivity contribution >= 4 is 31.9 Å². The second-order valence-corrected chi connectivity index (χ2v) is 10.6. The summed E-state index contributed by atoms with van der Waals surface area (Å²) in [5, 5.41) is 0. The highest BCUT2D eigenvalue weighted by molar-refractivity contribution is 9.09. The van der Waals surface area contributed by atoms with Gasteiger partial charge in [0.15, 0.2) is 0 Å². The van der Waals surface area contributed by atoms with Gasteiger partial charge in [-0.2, -0.15) is 0 Å². The summed E-state index contributed by atoms with van der Waals surface area (Å²) < 4.78 is 2.03. The van der Waals surface area contributed by atoms with Crippen LogP contribution in [-0.4, -0.2) is 61.2 Å². The number of alkyl halides is 2. The topological polar surface area (TPSA) is 0 Å². The highest BCUT2D eigenvalue weighted by Gasteiger charge is 2.19. The summed E-state index contributed by atoms with van der Waals surface area (Å²) in [7, 11) is 13.6. The van der Waals surface area contributed by atoms with Gasteiger partial charge in [0.25, 0.3) is 0 Å². The number of halogens is 2. The van der Waals surface area contributed by atoms with Crippen LogP contribution in [-0.2, 0) is 0 Å². The molecule has 2 nitrogen and oxygen atoms in total. The van der Waals surface area contributed by atoms with Crippen LogP contribution in [0.25, 0.3) is 0 Å². The van der Waals surface area contributed by atoms with Crippen LogP contribution in [0.4, 0.5) is 0 Å². The molecule has 0 aromatic carbocycles. The van der Waals surface area contributed by atoms with Crippen LogP contribution in [0.2, 0.25) is 0 Å². The highest BCUT2D eigenvalue weighted by Crippen LogP contribution is 2.20. The van der Waals surface area contributed by atoms with E-state index in [0.717, 1.165) is 8.97 Å². The molecule has 0 spiro atoms. The molecule has 0 aromatic heterocycles. The summed E-state index contributed by atoms with van der Waals surface area (Å²) in [5.41, 5.74) is 0. The second-order valence-electron chi connectivity index (χ2n) is 8.51. The molecule has 0 aliphatic heterocycles. The highest BCUT2D eigenvalue weighted by atomic mass is 79.9. The number of hydrogen-bond donors (Lipinski definition) is 0. The van der Waals surface area contributed by atoms with Gasteiger partial charge in [0, 0.05) is 12.8 Å². The lowest BCUT2D eigenvalue weighted by Crippen LogP contribution is -2.41. The Morgan fingerprint density at radius 3 is 0.955 bits per heavy atom. The Balaban J connectivity index is 3.35. The van der Waals surface area contributed by atoms with E-state index in [-0.39, 0.29) is 0 Å². The van der Waals surface area contributed by atoms with Crippen LogP contribution in [0.1, 0.15) is 64.2 Å². The summed E-state index contributed by atoms with van der Waals surface area (Å²) in [6.07, 6.45) is 13.8. The normalized spacial score (nSPS) is 15.8. The van der Waals surface area contributed by atoms with Gasteiger partial charge < -0.3 is 8.97 Å². The molecular weight excluding hydrogens is 404 g/mol. The fourth-order valence-corrected chi connectivity index (χ4v) is 3.11. The first-order chi connectivity index (χ1) is 10.0. The molecule has 0 saturated carbocycles. The zero-order valence-electron chi connectivity index (χ0n) is 15.9. The average molecular weight is 444 g/mol. The van der Waals surface area contributed by atoms with E-state index in [1.54, 1.807) is 0 Å². The van der Waals surface area contributed by atoms with Gasteiger partial charge in [-0.15, -0.1) is 0 Å². The minimum absolute atomic E-state index is 0.603. The van der Waals surface area contributed by atoms with E-state index in [9.17, 15) is 0 Å². The number of hydrogen-bond acceptors (Lipinski definition) is 0. The van der Waals surface area contributed by atoms with Crippen LogP contribution in [0, 0.1) is 0 Å². The van der Waals surface area contributed by atoms with Crippen LogP contribution < -0.4 is 0 Å². The molecule has 0 aromatic rings. The summed E-state index contributed by atoms with van der Waals surface area (Å²) in [5.74, 6) is 0. The van der Waals surface area contributed by atoms with Crippen molar-refractivity contribution in [2.24, 2.45) is 0 Å². The zero-order chi connectivity index (χ0) is 17.2. The monoisotopic (exact) mass is 442 g/mol. The van der Waals surface area contributed by atoms with Crippen LogP contribution in [0.3, 0.4) is 0 Å². The van der Waals surface area contributed by atoms with Crippen LogP contribution in [0.5, 0.6) is 0 Å². The molecule has 22 heavy (non-hydrogen) atoms. The largest absolute Gasteiger partial charge is 0.320 e. The first-order valence-corrected chi connectivity index (χ1v) is 10.8. The van der Waals surface area contributed by atoms with Crippen molar-refractivity contribution in [3.63, 3.8) is 0 Å². The number of unbranched alkanes of at least 4 members (excludes halogenated alkanes) is 7. The zero-order valence-corrected chi connectivity index (χ0v) is 19.0. The third kappa shape index (κ3) is 12.3. The van der Waals surface area contributed by atoms with E-state index in [4.69, 9.17) is 0 Å². The van der Waals surface area contributed by atoms with Crippen molar-refractivity contribution in [3.05, 3.63) is 0 Å². The minimum Gasteiger partial charge on any atom is -0.320 e. The Morgan fingerprint density at radius 1 is 0.500 bits per heavy atom. The summed E-state index contributed by atoms with van der Waals surface area (Å²) in [6.45, 7) is 0. The second kappa shape index (κ2) is 11.4. The molecule has 4 heteroatoms. The van der Waals surface area contributed by atoms with Gasteiger partial charge in [-0.1, -0.05) is 38.5 Å². The van der Waals surface area contributed by atoms with Crippen LogP contribution in [0.15, 0.2) is 0 Å². The van der Waals surface area contributed by atoms with Crippen molar-refractivity contribution in [2.75, 3.05) is 42.3 Å². The van der Waals surface area contributed by atoms with Crippen LogP contribution >= 0.6 is 31.9 Å². The maximum absolute atomic E-state index is 3.80. The van der Waals surface area contributed by atoms with Gasteiger partial charge in [-0.3, -0.25) is 0 Å². The summed E-state index contributed by atoms with van der Waals surface area (Å²) in [6, 6.07) is 0. The molecule has 0 bridgehead atoms. The molecule has 0 aliphatic carbocycles. The lowest BCUT2D eigenvalue weighted by atomic mass is 10.1. The predicted octanol–water partition coefficient (Wildman–Crippen LogP) is 5.74. The minimum atomic E-state index is 0.603. The maximum atomic E-state index is 3.80. The fraction of sp³-hybridized carbons (Fsp3) is 1.00. The number of quaternary nitrogens is 2. The first kappa shape index (κ1) is 22.9. The average Bonchev–Trinajstić information content (AvgIpc) is 2.38. The lowest BCUT2D eigenvalue weighted by molar-refractivity contribution is -0.879. The molecule has 0 radical (unpaired) electrons. The SMILES string of the molecule is C[N+](C)(C)C(Br)CCCCCCCCCCC(Br)[N+](C)(C)C. The summed E-state index contributed by atoms with van der Waals surface area (Å²) >= 11 is 7.60. The van der Waals surface area contributed by atoms with Crippen molar-refractivity contribution < 1.29 is 8.97 Å². The molecule has 134 valence electrons. The van der Waals surface area contributed by atoms with E-state index in [0.29, 0.717) is 9.90 Å². The predicted molar refractivity (Wildman–Crippen MR) is 108 cm³/mol. The molecule has 0 amide bonds. The Kier molecular flexibility index (Phi) is 11.9. The number of rotatable bonds is 13. The van der Waals surface area contributed by atoms with E-state index in [2.05, 4.69) is 74.1 Å². The Labute approximate surface area is 157 Å². The van der Waals surface area contributed by atoms with Crippen molar-refractivity contribution in [3.8, 4) is 0 Å².